The fraction of sp³-hybridized carbons (Fsp3) is 0.370. The van der Waals surface area contributed by atoms with Crippen molar-refractivity contribution < 1.29 is 9.18 Å². The third kappa shape index (κ3) is 4.49. The van der Waals surface area contributed by atoms with Crippen LogP contribution in [0, 0.1) is 5.82 Å². The topological polar surface area (TPSA) is 25.2 Å². The molecule has 2 aliphatic rings. The van der Waals surface area contributed by atoms with E-state index in [9.17, 15) is 9.18 Å². The highest BCUT2D eigenvalue weighted by molar-refractivity contribution is 5.95. The number of aromatic nitrogens is 1. The van der Waals surface area contributed by atoms with Gasteiger partial charge in [0, 0.05) is 36.0 Å². The maximum atomic E-state index is 13.1. The molecule has 0 amide bonds. The van der Waals surface area contributed by atoms with E-state index >= 15 is 0 Å². The summed E-state index contributed by atoms with van der Waals surface area (Å²) in [5, 5.41) is 0. The number of nitrogens with zero attached hydrogens (tertiary/aromatic N) is 2. The number of carbonyl (C=O) groups is 1. The number of ketones is 1. The molecule has 5 rings (SSSR count). The Balaban J connectivity index is 1.27. The molecule has 160 valence electrons. The van der Waals surface area contributed by atoms with Crippen LogP contribution < -0.4 is 0 Å². The third-order valence-corrected chi connectivity index (χ3v) is 6.54. The van der Waals surface area contributed by atoms with Gasteiger partial charge in [0.25, 0.3) is 0 Å². The molecule has 0 bridgehead atoms. The van der Waals surface area contributed by atoms with Gasteiger partial charge >= 0.3 is 0 Å². The predicted octanol–water partition coefficient (Wildman–Crippen LogP) is 6.04. The van der Waals surface area contributed by atoms with Gasteiger partial charge in [0.15, 0.2) is 5.78 Å². The van der Waals surface area contributed by atoms with Crippen LogP contribution in [0.2, 0.25) is 0 Å². The van der Waals surface area contributed by atoms with Gasteiger partial charge in [0.05, 0.1) is 0 Å². The molecule has 0 N–H and O–H groups in total. The van der Waals surface area contributed by atoms with Gasteiger partial charge in [0.2, 0.25) is 0 Å². The summed E-state index contributed by atoms with van der Waals surface area (Å²) in [4.78, 5) is 14.9. The monoisotopic (exact) mass is 416 g/mol. The number of carbonyl (C=O) groups excluding carboxylic acids is 1. The van der Waals surface area contributed by atoms with Gasteiger partial charge in [0.1, 0.15) is 5.82 Å². The van der Waals surface area contributed by atoms with E-state index in [0.717, 1.165) is 38.9 Å². The van der Waals surface area contributed by atoms with Crippen LogP contribution in [-0.2, 0) is 13.0 Å². The van der Waals surface area contributed by atoms with E-state index in [4.69, 9.17) is 0 Å². The molecular weight excluding hydrogens is 387 g/mol. The van der Waals surface area contributed by atoms with Gasteiger partial charge in [-0.15, -0.1) is 0 Å². The Morgan fingerprint density at radius 3 is 2.55 bits per heavy atom. The molecule has 1 saturated carbocycles. The predicted molar refractivity (Wildman–Crippen MR) is 122 cm³/mol. The first-order valence-corrected chi connectivity index (χ1v) is 11.5. The zero-order valence-electron chi connectivity index (χ0n) is 17.9. The van der Waals surface area contributed by atoms with Crippen molar-refractivity contribution in [3.63, 3.8) is 0 Å². The average Bonchev–Trinajstić information content (AvgIpc) is 3.60. The summed E-state index contributed by atoms with van der Waals surface area (Å²) < 4.78 is 15.7. The molecule has 2 heterocycles. The number of Topliss-reactive ketones (excluding diaryl/α,β-unsaturated/α-hetero) is 1. The van der Waals surface area contributed by atoms with Crippen molar-refractivity contribution in [2.24, 2.45) is 0 Å². The van der Waals surface area contributed by atoms with Crippen LogP contribution in [0.4, 0.5) is 4.39 Å². The Bertz CT molecular complexity index is 1050. The minimum atomic E-state index is -0.301. The van der Waals surface area contributed by atoms with Gasteiger partial charge in [-0.25, -0.2) is 4.39 Å². The van der Waals surface area contributed by atoms with E-state index < -0.39 is 0 Å². The number of hydrogen-bond donors (Lipinski definition) is 0. The van der Waals surface area contributed by atoms with E-state index in [0.29, 0.717) is 18.0 Å². The normalized spacial score (nSPS) is 16.7. The van der Waals surface area contributed by atoms with Crippen molar-refractivity contribution in [1.29, 1.82) is 0 Å². The lowest BCUT2D eigenvalue weighted by Crippen LogP contribution is -2.24. The van der Waals surface area contributed by atoms with Crippen LogP contribution >= 0.6 is 0 Å². The molecule has 1 aromatic heterocycles. The highest BCUT2D eigenvalue weighted by Gasteiger charge is 2.31. The van der Waals surface area contributed by atoms with Crippen LogP contribution in [0.1, 0.15) is 59.8 Å². The van der Waals surface area contributed by atoms with Crippen molar-refractivity contribution in [2.45, 2.75) is 51.1 Å². The molecule has 0 unspecified atom stereocenters. The number of halogens is 1. The van der Waals surface area contributed by atoms with Crippen LogP contribution in [0.25, 0.3) is 11.3 Å². The zero-order chi connectivity index (χ0) is 21.2. The van der Waals surface area contributed by atoms with Crippen LogP contribution in [0.15, 0.2) is 60.7 Å². The molecule has 1 aliphatic heterocycles. The van der Waals surface area contributed by atoms with E-state index in [1.807, 2.05) is 0 Å². The quantitative estimate of drug-likeness (QED) is 0.439. The van der Waals surface area contributed by atoms with Gasteiger partial charge in [-0.3, -0.25) is 9.69 Å². The van der Waals surface area contributed by atoms with Crippen molar-refractivity contribution in [3.05, 3.63) is 83.3 Å². The van der Waals surface area contributed by atoms with E-state index in [1.54, 1.807) is 12.1 Å². The minimum absolute atomic E-state index is 0.0989. The SMILES string of the molecule is O=C(CCCN1CCCc2c(cc(-c3ccccc3)n2C2CC2)C1)c1ccc(F)cc1. The fourth-order valence-electron chi connectivity index (χ4n) is 4.84. The number of fused-ring (bicyclic) bond motifs is 1. The van der Waals surface area contributed by atoms with Crippen molar-refractivity contribution in [1.82, 2.24) is 9.47 Å². The summed E-state index contributed by atoms with van der Waals surface area (Å²) in [5.41, 5.74) is 6.24. The summed E-state index contributed by atoms with van der Waals surface area (Å²) in [7, 11) is 0. The Labute approximate surface area is 183 Å². The molecule has 31 heavy (non-hydrogen) atoms. The summed E-state index contributed by atoms with van der Waals surface area (Å²) in [5.74, 6) is -0.202. The van der Waals surface area contributed by atoms with Gasteiger partial charge in [-0.1, -0.05) is 30.3 Å². The standard InChI is InChI=1S/C27H29FN2O/c28-23-12-10-21(11-13-23)27(31)9-5-17-29-16-4-8-25-22(19-29)18-26(30(25)24-14-15-24)20-6-2-1-3-7-20/h1-3,6-7,10-13,18,24H,4-5,8-9,14-17,19H2. The first-order chi connectivity index (χ1) is 15.2. The van der Waals surface area contributed by atoms with Crippen molar-refractivity contribution >= 4 is 5.78 Å². The van der Waals surface area contributed by atoms with Gasteiger partial charge in [-0.05, 0) is 86.7 Å². The van der Waals surface area contributed by atoms with Gasteiger partial charge in [-0.2, -0.15) is 0 Å². The zero-order valence-corrected chi connectivity index (χ0v) is 17.9. The second-order valence-electron chi connectivity index (χ2n) is 8.88. The first kappa shape index (κ1) is 20.2. The lowest BCUT2D eigenvalue weighted by Gasteiger charge is -2.19. The lowest BCUT2D eigenvalue weighted by atomic mass is 10.1. The molecule has 3 aromatic rings. The average molecular weight is 417 g/mol. The fourth-order valence-corrected chi connectivity index (χ4v) is 4.84. The Hall–Kier alpha value is -2.72. The molecule has 0 spiro atoms. The molecule has 3 nitrogen and oxygen atoms in total. The van der Waals surface area contributed by atoms with E-state index in [2.05, 4.69) is 45.9 Å². The summed E-state index contributed by atoms with van der Waals surface area (Å²) in [6.45, 7) is 2.95. The van der Waals surface area contributed by atoms with Crippen LogP contribution in [0.3, 0.4) is 0 Å². The van der Waals surface area contributed by atoms with Crippen molar-refractivity contribution in [2.75, 3.05) is 13.1 Å². The first-order valence-electron chi connectivity index (χ1n) is 11.5. The lowest BCUT2D eigenvalue weighted by molar-refractivity contribution is 0.0974. The maximum Gasteiger partial charge on any atom is 0.162 e. The minimum Gasteiger partial charge on any atom is -0.341 e. The summed E-state index contributed by atoms with van der Waals surface area (Å²) in [6.07, 6.45) is 6.20. The highest BCUT2D eigenvalue weighted by Crippen LogP contribution is 2.42. The number of benzene rings is 2. The Morgan fingerprint density at radius 2 is 1.81 bits per heavy atom. The molecular formula is C27H29FN2O. The van der Waals surface area contributed by atoms with Crippen LogP contribution in [0.5, 0.6) is 0 Å². The molecule has 1 aliphatic carbocycles. The molecule has 0 saturated heterocycles. The largest absolute Gasteiger partial charge is 0.341 e. The molecule has 0 radical (unpaired) electrons. The number of rotatable bonds is 7. The third-order valence-electron chi connectivity index (χ3n) is 6.54. The van der Waals surface area contributed by atoms with Gasteiger partial charge < -0.3 is 4.57 Å². The smallest absolute Gasteiger partial charge is 0.162 e. The molecule has 2 aromatic carbocycles. The highest BCUT2D eigenvalue weighted by atomic mass is 19.1. The second-order valence-corrected chi connectivity index (χ2v) is 8.88. The van der Waals surface area contributed by atoms with Crippen molar-refractivity contribution in [3.8, 4) is 11.3 Å². The number of hydrogen-bond acceptors (Lipinski definition) is 2. The molecule has 0 atom stereocenters. The summed E-state index contributed by atoms with van der Waals surface area (Å²) >= 11 is 0. The Kier molecular flexibility index (Phi) is 5.73. The maximum absolute atomic E-state index is 13.1. The van der Waals surface area contributed by atoms with E-state index in [1.165, 1.54) is 47.5 Å². The van der Waals surface area contributed by atoms with E-state index in [-0.39, 0.29) is 11.6 Å². The molecule has 1 fully saturated rings. The Morgan fingerprint density at radius 1 is 1.03 bits per heavy atom. The summed E-state index contributed by atoms with van der Waals surface area (Å²) in [6, 6.07) is 19.7. The molecule has 4 heteroatoms. The second kappa shape index (κ2) is 8.80. The van der Waals surface area contributed by atoms with Crippen LogP contribution in [-0.4, -0.2) is 28.3 Å².